The molecule has 0 aliphatic heterocycles. The number of nitrogens with zero attached hydrogens (tertiary/aromatic N) is 1. The molecule has 1 amide bonds. The number of anilines is 1. The molecule has 0 saturated heterocycles. The summed E-state index contributed by atoms with van der Waals surface area (Å²) in [5.41, 5.74) is 2.50. The van der Waals surface area contributed by atoms with Gasteiger partial charge in [-0.15, -0.1) is 0 Å². The van der Waals surface area contributed by atoms with Gasteiger partial charge in [0.2, 0.25) is 5.91 Å². The number of methoxy groups -OCH3 is 2. The lowest BCUT2D eigenvalue weighted by atomic mass is 10.1. The number of hydrogen-bond donors (Lipinski definition) is 1. The third kappa shape index (κ3) is 5.71. The van der Waals surface area contributed by atoms with Gasteiger partial charge in [0, 0.05) is 18.5 Å². The lowest BCUT2D eigenvalue weighted by Crippen LogP contribution is -2.30. The molecule has 2 aromatic rings. The van der Waals surface area contributed by atoms with E-state index in [1.54, 1.807) is 26.4 Å². The van der Waals surface area contributed by atoms with Gasteiger partial charge in [-0.2, -0.15) is 0 Å². The van der Waals surface area contributed by atoms with E-state index in [1.165, 1.54) is 12.1 Å². The Labute approximate surface area is 166 Å². The van der Waals surface area contributed by atoms with Gasteiger partial charge in [-0.05, 0) is 55.4 Å². The lowest BCUT2D eigenvalue weighted by Gasteiger charge is -2.19. The number of hydrogen-bond acceptors (Lipinski definition) is 6. The van der Waals surface area contributed by atoms with Crippen LogP contribution in [0.25, 0.3) is 0 Å². The molecule has 0 heterocycles. The van der Waals surface area contributed by atoms with E-state index in [2.05, 4.69) is 5.32 Å². The van der Waals surface area contributed by atoms with Crippen molar-refractivity contribution in [3.05, 3.63) is 47.5 Å². The highest BCUT2D eigenvalue weighted by Gasteiger charge is 2.13. The highest BCUT2D eigenvalue weighted by atomic mass is 32.2. The first-order valence-electron chi connectivity index (χ1n) is 8.64. The Kier molecular flexibility index (Phi) is 7.04. The van der Waals surface area contributed by atoms with Crippen LogP contribution in [0.2, 0.25) is 0 Å². The third-order valence-electron chi connectivity index (χ3n) is 4.24. The van der Waals surface area contributed by atoms with Crippen molar-refractivity contribution in [2.24, 2.45) is 0 Å². The molecule has 0 aromatic heterocycles. The SMILES string of the molecule is COc1cc(C)c(CN(C)CC(=O)Nc2cccc(S(C)(=O)=O)c2)cc1OC. The molecule has 0 fully saturated rings. The predicted molar refractivity (Wildman–Crippen MR) is 109 cm³/mol. The van der Waals surface area contributed by atoms with Gasteiger partial charge in [-0.1, -0.05) is 6.07 Å². The Balaban J connectivity index is 2.04. The van der Waals surface area contributed by atoms with Crippen LogP contribution in [-0.4, -0.2) is 53.3 Å². The van der Waals surface area contributed by atoms with Crippen molar-refractivity contribution in [2.45, 2.75) is 18.4 Å². The fourth-order valence-corrected chi connectivity index (χ4v) is 3.46. The molecule has 0 bridgehead atoms. The molecule has 0 spiro atoms. The van der Waals surface area contributed by atoms with E-state index in [4.69, 9.17) is 9.47 Å². The summed E-state index contributed by atoms with van der Waals surface area (Å²) in [4.78, 5) is 14.4. The van der Waals surface area contributed by atoms with Gasteiger partial charge in [-0.25, -0.2) is 8.42 Å². The second-order valence-corrected chi connectivity index (χ2v) is 8.67. The molecule has 0 saturated carbocycles. The van der Waals surface area contributed by atoms with Gasteiger partial charge in [0.1, 0.15) is 0 Å². The van der Waals surface area contributed by atoms with E-state index in [0.29, 0.717) is 23.7 Å². The summed E-state index contributed by atoms with van der Waals surface area (Å²) in [5, 5.41) is 2.74. The summed E-state index contributed by atoms with van der Waals surface area (Å²) < 4.78 is 33.9. The monoisotopic (exact) mass is 406 g/mol. The zero-order valence-electron chi connectivity index (χ0n) is 16.8. The van der Waals surface area contributed by atoms with E-state index in [1.807, 2.05) is 31.0 Å². The van der Waals surface area contributed by atoms with E-state index in [9.17, 15) is 13.2 Å². The van der Waals surface area contributed by atoms with E-state index < -0.39 is 9.84 Å². The van der Waals surface area contributed by atoms with Gasteiger partial charge in [-0.3, -0.25) is 9.69 Å². The van der Waals surface area contributed by atoms with Crippen molar-refractivity contribution in [1.82, 2.24) is 4.90 Å². The molecular formula is C20H26N2O5S. The molecule has 0 aliphatic carbocycles. The smallest absolute Gasteiger partial charge is 0.238 e. The number of nitrogens with one attached hydrogen (secondary N) is 1. The maximum Gasteiger partial charge on any atom is 0.238 e. The first kappa shape index (κ1) is 21.7. The van der Waals surface area contributed by atoms with Crippen LogP contribution < -0.4 is 14.8 Å². The number of benzene rings is 2. The first-order chi connectivity index (χ1) is 13.1. The molecule has 28 heavy (non-hydrogen) atoms. The summed E-state index contributed by atoms with van der Waals surface area (Å²) in [6, 6.07) is 10.0. The Morgan fingerprint density at radius 2 is 1.75 bits per heavy atom. The molecule has 7 nitrogen and oxygen atoms in total. The maximum atomic E-state index is 12.3. The molecule has 2 rings (SSSR count). The highest BCUT2D eigenvalue weighted by Crippen LogP contribution is 2.30. The molecule has 2 aromatic carbocycles. The maximum absolute atomic E-state index is 12.3. The van der Waals surface area contributed by atoms with Gasteiger partial charge in [0.15, 0.2) is 21.3 Å². The molecule has 0 unspecified atom stereocenters. The number of amides is 1. The molecule has 152 valence electrons. The highest BCUT2D eigenvalue weighted by molar-refractivity contribution is 7.90. The first-order valence-corrected chi connectivity index (χ1v) is 10.5. The normalized spacial score (nSPS) is 11.4. The van der Waals surface area contributed by atoms with E-state index in [-0.39, 0.29) is 17.3 Å². The van der Waals surface area contributed by atoms with Crippen molar-refractivity contribution < 1.29 is 22.7 Å². The van der Waals surface area contributed by atoms with Crippen LogP contribution in [0, 0.1) is 6.92 Å². The molecular weight excluding hydrogens is 380 g/mol. The molecule has 8 heteroatoms. The van der Waals surface area contributed by atoms with Crippen LogP contribution in [0.4, 0.5) is 5.69 Å². The number of aryl methyl sites for hydroxylation is 1. The topological polar surface area (TPSA) is 84.9 Å². The average Bonchev–Trinajstić information content (AvgIpc) is 2.62. The van der Waals surface area contributed by atoms with Crippen molar-refractivity contribution in [1.29, 1.82) is 0 Å². The minimum atomic E-state index is -3.33. The van der Waals surface area contributed by atoms with Crippen LogP contribution in [0.5, 0.6) is 11.5 Å². The second kappa shape index (κ2) is 9.07. The van der Waals surface area contributed by atoms with Crippen LogP contribution in [0.1, 0.15) is 11.1 Å². The molecule has 0 radical (unpaired) electrons. The largest absolute Gasteiger partial charge is 0.493 e. The number of likely N-dealkylation sites (N-methyl/N-ethyl adjacent to an activating group) is 1. The quantitative estimate of drug-likeness (QED) is 0.725. The van der Waals surface area contributed by atoms with Gasteiger partial charge in [0.05, 0.1) is 25.7 Å². The number of carbonyl (C=O) groups is 1. The summed E-state index contributed by atoms with van der Waals surface area (Å²) in [6.45, 7) is 2.67. The van der Waals surface area contributed by atoms with Gasteiger partial charge >= 0.3 is 0 Å². The van der Waals surface area contributed by atoms with Crippen LogP contribution in [-0.2, 0) is 21.2 Å². The molecule has 0 atom stereocenters. The third-order valence-corrected chi connectivity index (χ3v) is 5.35. The Morgan fingerprint density at radius 1 is 1.11 bits per heavy atom. The average molecular weight is 407 g/mol. The molecule has 1 N–H and O–H groups in total. The minimum absolute atomic E-state index is 0.150. The lowest BCUT2D eigenvalue weighted by molar-refractivity contribution is -0.117. The number of rotatable bonds is 8. The Hall–Kier alpha value is -2.58. The van der Waals surface area contributed by atoms with Crippen molar-refractivity contribution in [3.8, 4) is 11.5 Å². The van der Waals surface area contributed by atoms with E-state index in [0.717, 1.165) is 17.4 Å². The Bertz CT molecular complexity index is 957. The van der Waals surface area contributed by atoms with E-state index >= 15 is 0 Å². The summed E-state index contributed by atoms with van der Waals surface area (Å²) in [7, 11) is 1.68. The summed E-state index contributed by atoms with van der Waals surface area (Å²) >= 11 is 0. The van der Waals surface area contributed by atoms with Gasteiger partial charge < -0.3 is 14.8 Å². The second-order valence-electron chi connectivity index (χ2n) is 6.65. The fourth-order valence-electron chi connectivity index (χ4n) is 2.79. The Morgan fingerprint density at radius 3 is 2.36 bits per heavy atom. The number of carbonyl (C=O) groups excluding carboxylic acids is 1. The van der Waals surface area contributed by atoms with Crippen LogP contribution >= 0.6 is 0 Å². The van der Waals surface area contributed by atoms with Gasteiger partial charge in [0.25, 0.3) is 0 Å². The van der Waals surface area contributed by atoms with Crippen LogP contribution in [0.15, 0.2) is 41.3 Å². The number of sulfone groups is 1. The molecule has 0 aliphatic rings. The minimum Gasteiger partial charge on any atom is -0.493 e. The van der Waals surface area contributed by atoms with Crippen molar-refractivity contribution in [3.63, 3.8) is 0 Å². The predicted octanol–water partition coefficient (Wildman–Crippen LogP) is 2.49. The summed E-state index contributed by atoms with van der Waals surface area (Å²) in [6.07, 6.45) is 1.13. The number of ether oxygens (including phenoxy) is 2. The zero-order chi connectivity index (χ0) is 20.9. The standard InChI is InChI=1S/C20H26N2O5S/c1-14-9-18(26-3)19(27-4)10-15(14)12-22(2)13-20(23)21-16-7-6-8-17(11-16)28(5,24)25/h6-11H,12-13H2,1-5H3,(H,21,23). The van der Waals surface area contributed by atoms with Crippen molar-refractivity contribution in [2.75, 3.05) is 39.4 Å². The fraction of sp³-hybridized carbons (Fsp3) is 0.350. The van der Waals surface area contributed by atoms with Crippen LogP contribution in [0.3, 0.4) is 0 Å². The zero-order valence-corrected chi connectivity index (χ0v) is 17.6. The summed E-state index contributed by atoms with van der Waals surface area (Å²) in [5.74, 6) is 1.07. The van der Waals surface area contributed by atoms with Crippen molar-refractivity contribution >= 4 is 21.4 Å².